The largest absolute Gasteiger partial charge is 0.478 e. The van der Waals surface area contributed by atoms with Crippen LogP contribution in [-0.2, 0) is 16.1 Å². The van der Waals surface area contributed by atoms with Gasteiger partial charge in [0.2, 0.25) is 11.8 Å². The van der Waals surface area contributed by atoms with Gasteiger partial charge in [-0.2, -0.15) is 0 Å². The van der Waals surface area contributed by atoms with Gasteiger partial charge in [-0.25, -0.2) is 9.18 Å². The fourth-order valence-electron chi connectivity index (χ4n) is 2.19. The Morgan fingerprint density at radius 1 is 1.24 bits per heavy atom. The van der Waals surface area contributed by atoms with E-state index in [9.17, 15) is 18.8 Å². The number of amides is 2. The number of halogens is 1. The van der Waals surface area contributed by atoms with E-state index >= 15 is 0 Å². The molecule has 1 aromatic carbocycles. The quantitative estimate of drug-likeness (QED) is 0.887. The van der Waals surface area contributed by atoms with Gasteiger partial charge in [-0.05, 0) is 24.6 Å². The Balaban J connectivity index is 2.12. The summed E-state index contributed by atoms with van der Waals surface area (Å²) in [7, 11) is 0. The number of nitrogens with zero attached hydrogens (tertiary/aromatic N) is 2. The second-order valence-electron chi connectivity index (χ2n) is 4.78. The number of likely N-dealkylation sites (N-methyl/N-ethyl adjacent to an activating group) is 1. The molecule has 1 aliphatic rings. The lowest BCUT2D eigenvalue weighted by Gasteiger charge is -2.33. The number of carboxylic acid groups (broad SMARTS) is 1. The number of aromatic carboxylic acids is 1. The van der Waals surface area contributed by atoms with Gasteiger partial charge in [0.25, 0.3) is 0 Å². The Morgan fingerprint density at radius 2 is 1.86 bits per heavy atom. The van der Waals surface area contributed by atoms with Crippen LogP contribution in [0.5, 0.6) is 0 Å². The van der Waals surface area contributed by atoms with E-state index in [1.807, 2.05) is 0 Å². The standard InChI is InChI=1S/C14H15FN2O4/c1-2-16-7-13(19)17(8-12(16)18)6-9-3-4-10(14(20)21)11(15)5-9/h3-5H,2,6-8H2,1H3,(H,20,21). The number of carbonyl (C=O) groups excluding carboxylic acids is 2. The van der Waals surface area contributed by atoms with Gasteiger partial charge >= 0.3 is 5.97 Å². The van der Waals surface area contributed by atoms with Crippen LogP contribution in [0.2, 0.25) is 0 Å². The van der Waals surface area contributed by atoms with E-state index < -0.39 is 17.3 Å². The lowest BCUT2D eigenvalue weighted by atomic mass is 10.1. The highest BCUT2D eigenvalue weighted by atomic mass is 19.1. The first-order valence-electron chi connectivity index (χ1n) is 6.49. The molecular weight excluding hydrogens is 279 g/mol. The summed E-state index contributed by atoms with van der Waals surface area (Å²) in [6, 6.07) is 3.67. The summed E-state index contributed by atoms with van der Waals surface area (Å²) in [6.07, 6.45) is 0. The van der Waals surface area contributed by atoms with E-state index in [1.165, 1.54) is 15.9 Å². The number of hydrogen-bond donors (Lipinski definition) is 1. The predicted molar refractivity (Wildman–Crippen MR) is 71.0 cm³/mol. The number of carbonyl (C=O) groups is 3. The molecule has 112 valence electrons. The van der Waals surface area contributed by atoms with Crippen molar-refractivity contribution in [3.63, 3.8) is 0 Å². The summed E-state index contributed by atoms with van der Waals surface area (Å²) in [6.45, 7) is 2.32. The van der Waals surface area contributed by atoms with Crippen LogP contribution in [0.15, 0.2) is 18.2 Å². The van der Waals surface area contributed by atoms with Gasteiger partial charge in [0.05, 0.1) is 12.1 Å². The number of hydrogen-bond acceptors (Lipinski definition) is 3. The van der Waals surface area contributed by atoms with Crippen LogP contribution in [0.25, 0.3) is 0 Å². The van der Waals surface area contributed by atoms with Crippen molar-refractivity contribution in [3.05, 3.63) is 35.1 Å². The Morgan fingerprint density at radius 3 is 2.43 bits per heavy atom. The molecule has 0 bridgehead atoms. The third-order valence-electron chi connectivity index (χ3n) is 3.38. The first-order chi connectivity index (χ1) is 9.92. The molecule has 0 aromatic heterocycles. The number of benzene rings is 1. The molecule has 7 heteroatoms. The van der Waals surface area contributed by atoms with E-state index in [2.05, 4.69) is 0 Å². The monoisotopic (exact) mass is 294 g/mol. The first kappa shape index (κ1) is 15.0. The van der Waals surface area contributed by atoms with Crippen LogP contribution in [0.1, 0.15) is 22.8 Å². The molecule has 6 nitrogen and oxygen atoms in total. The van der Waals surface area contributed by atoms with Crippen molar-refractivity contribution in [2.24, 2.45) is 0 Å². The summed E-state index contributed by atoms with van der Waals surface area (Å²) in [5.74, 6) is -2.56. The molecule has 1 aliphatic heterocycles. The van der Waals surface area contributed by atoms with Crippen LogP contribution in [0.3, 0.4) is 0 Å². The molecule has 2 amide bonds. The molecule has 1 fully saturated rings. The highest BCUT2D eigenvalue weighted by Crippen LogP contribution is 2.14. The minimum Gasteiger partial charge on any atom is -0.478 e. The molecule has 0 unspecified atom stereocenters. The summed E-state index contributed by atoms with van der Waals surface area (Å²) in [4.78, 5) is 37.2. The molecule has 2 rings (SSSR count). The Labute approximate surface area is 120 Å². The molecule has 1 aromatic rings. The predicted octanol–water partition coefficient (Wildman–Crippen LogP) is 0.715. The maximum atomic E-state index is 13.6. The Kier molecular flexibility index (Phi) is 4.21. The van der Waals surface area contributed by atoms with E-state index in [-0.39, 0.29) is 31.4 Å². The van der Waals surface area contributed by atoms with Crippen molar-refractivity contribution in [2.45, 2.75) is 13.5 Å². The number of rotatable bonds is 4. The Bertz CT molecular complexity index is 603. The van der Waals surface area contributed by atoms with Crippen LogP contribution >= 0.6 is 0 Å². The highest BCUT2D eigenvalue weighted by molar-refractivity contribution is 5.92. The minimum absolute atomic E-state index is 0.0189. The van der Waals surface area contributed by atoms with E-state index in [0.29, 0.717) is 12.1 Å². The van der Waals surface area contributed by atoms with Crippen molar-refractivity contribution in [2.75, 3.05) is 19.6 Å². The zero-order chi connectivity index (χ0) is 15.6. The van der Waals surface area contributed by atoms with Gasteiger partial charge in [-0.1, -0.05) is 6.07 Å². The third-order valence-corrected chi connectivity index (χ3v) is 3.38. The molecular formula is C14H15FN2O4. The maximum Gasteiger partial charge on any atom is 0.338 e. The van der Waals surface area contributed by atoms with Gasteiger partial charge in [0.1, 0.15) is 12.4 Å². The summed E-state index contributed by atoms with van der Waals surface area (Å²) in [5, 5.41) is 8.76. The average Bonchev–Trinajstić information content (AvgIpc) is 2.42. The topological polar surface area (TPSA) is 77.9 Å². The maximum absolute atomic E-state index is 13.6. The smallest absolute Gasteiger partial charge is 0.338 e. The zero-order valence-electron chi connectivity index (χ0n) is 11.5. The van der Waals surface area contributed by atoms with Crippen molar-refractivity contribution in [1.29, 1.82) is 0 Å². The van der Waals surface area contributed by atoms with E-state index in [4.69, 9.17) is 5.11 Å². The second kappa shape index (κ2) is 5.90. The van der Waals surface area contributed by atoms with Crippen LogP contribution in [0, 0.1) is 5.82 Å². The van der Waals surface area contributed by atoms with Crippen molar-refractivity contribution < 1.29 is 23.9 Å². The number of piperazine rings is 1. The molecule has 0 spiro atoms. The van der Waals surface area contributed by atoms with Crippen LogP contribution in [0.4, 0.5) is 4.39 Å². The lowest BCUT2D eigenvalue weighted by molar-refractivity contribution is -0.150. The van der Waals surface area contributed by atoms with Gasteiger partial charge in [0.15, 0.2) is 0 Å². The molecule has 0 aliphatic carbocycles. The Hall–Kier alpha value is -2.44. The van der Waals surface area contributed by atoms with Crippen LogP contribution < -0.4 is 0 Å². The normalized spacial score (nSPS) is 15.5. The first-order valence-corrected chi connectivity index (χ1v) is 6.49. The second-order valence-corrected chi connectivity index (χ2v) is 4.78. The fraction of sp³-hybridized carbons (Fsp3) is 0.357. The number of carboxylic acids is 1. The van der Waals surface area contributed by atoms with Gasteiger partial charge in [-0.15, -0.1) is 0 Å². The summed E-state index contributed by atoms with van der Waals surface area (Å²) >= 11 is 0. The van der Waals surface area contributed by atoms with Crippen LogP contribution in [-0.4, -0.2) is 52.3 Å². The highest BCUT2D eigenvalue weighted by Gasteiger charge is 2.28. The molecule has 1 heterocycles. The average molecular weight is 294 g/mol. The van der Waals surface area contributed by atoms with E-state index in [0.717, 1.165) is 12.1 Å². The van der Waals surface area contributed by atoms with Gasteiger partial charge < -0.3 is 14.9 Å². The molecule has 1 saturated heterocycles. The summed E-state index contributed by atoms with van der Waals surface area (Å²) < 4.78 is 13.6. The molecule has 0 radical (unpaired) electrons. The minimum atomic E-state index is -1.35. The zero-order valence-corrected chi connectivity index (χ0v) is 11.5. The molecule has 0 saturated carbocycles. The molecule has 0 atom stereocenters. The van der Waals surface area contributed by atoms with Crippen molar-refractivity contribution >= 4 is 17.8 Å². The summed E-state index contributed by atoms with van der Waals surface area (Å²) in [5.41, 5.74) is 0.0283. The van der Waals surface area contributed by atoms with Crippen molar-refractivity contribution in [3.8, 4) is 0 Å². The SMILES string of the molecule is CCN1CC(=O)N(Cc2ccc(C(=O)O)c(F)c2)CC1=O. The molecule has 1 N–H and O–H groups in total. The van der Waals surface area contributed by atoms with Gasteiger partial charge in [0, 0.05) is 13.1 Å². The molecule has 21 heavy (non-hydrogen) atoms. The lowest BCUT2D eigenvalue weighted by Crippen LogP contribution is -2.53. The third kappa shape index (κ3) is 3.18. The fourth-order valence-corrected chi connectivity index (χ4v) is 2.19. The van der Waals surface area contributed by atoms with Crippen molar-refractivity contribution in [1.82, 2.24) is 9.80 Å². The van der Waals surface area contributed by atoms with Gasteiger partial charge in [-0.3, -0.25) is 9.59 Å². The van der Waals surface area contributed by atoms with E-state index in [1.54, 1.807) is 6.92 Å².